The first-order chi connectivity index (χ1) is 15.5. The van der Waals surface area contributed by atoms with Crippen LogP contribution in [-0.2, 0) is 11.2 Å². The van der Waals surface area contributed by atoms with Gasteiger partial charge in [0.15, 0.2) is 0 Å². The Kier molecular flexibility index (Phi) is 6.09. The molecule has 0 N–H and O–H groups in total. The van der Waals surface area contributed by atoms with Crippen LogP contribution in [0.15, 0.2) is 66.7 Å². The standard InChI is InChI=1S/C26H20F2N2O2/c27-21-9-8-19(15-29)23(14-21)26(32)30-11-10-20(16-30)25(31)13-17-4-3-5-18(12-17)22-6-1-2-7-24(22)28/h1-9,12,14,20H,10-11,13,16H2/t20-/m1/s1. The summed E-state index contributed by atoms with van der Waals surface area (Å²) in [5.41, 5.74) is 2.07. The molecule has 4 nitrogen and oxygen atoms in total. The van der Waals surface area contributed by atoms with Crippen molar-refractivity contribution in [3.05, 3.63) is 95.1 Å². The molecule has 0 bridgehead atoms. The van der Waals surface area contributed by atoms with Gasteiger partial charge >= 0.3 is 0 Å². The summed E-state index contributed by atoms with van der Waals surface area (Å²) in [5.74, 6) is -1.71. The van der Waals surface area contributed by atoms with Gasteiger partial charge in [-0.1, -0.05) is 42.5 Å². The van der Waals surface area contributed by atoms with Gasteiger partial charge in [-0.05, 0) is 41.8 Å². The first kappa shape index (κ1) is 21.4. The quantitative estimate of drug-likeness (QED) is 0.585. The van der Waals surface area contributed by atoms with E-state index in [1.807, 2.05) is 12.1 Å². The average Bonchev–Trinajstić information content (AvgIpc) is 3.29. The molecule has 6 heteroatoms. The van der Waals surface area contributed by atoms with Gasteiger partial charge < -0.3 is 4.90 Å². The van der Waals surface area contributed by atoms with E-state index >= 15 is 0 Å². The molecule has 1 amide bonds. The smallest absolute Gasteiger partial charge is 0.255 e. The van der Waals surface area contributed by atoms with E-state index in [9.17, 15) is 23.6 Å². The number of hydrogen-bond acceptors (Lipinski definition) is 3. The zero-order valence-electron chi connectivity index (χ0n) is 17.2. The molecule has 0 saturated carbocycles. The molecule has 3 aromatic carbocycles. The number of carbonyl (C=O) groups excluding carboxylic acids is 2. The Morgan fingerprint density at radius 2 is 1.84 bits per heavy atom. The fraction of sp³-hybridized carbons (Fsp3) is 0.192. The second-order valence-electron chi connectivity index (χ2n) is 7.86. The van der Waals surface area contributed by atoms with Gasteiger partial charge in [-0.2, -0.15) is 5.26 Å². The lowest BCUT2D eigenvalue weighted by molar-refractivity contribution is -0.121. The number of halogens is 2. The molecule has 1 saturated heterocycles. The Balaban J connectivity index is 1.45. The van der Waals surface area contributed by atoms with Gasteiger partial charge in [0.25, 0.3) is 5.91 Å². The molecule has 32 heavy (non-hydrogen) atoms. The van der Waals surface area contributed by atoms with E-state index in [-0.39, 0.29) is 41.6 Å². The van der Waals surface area contributed by atoms with E-state index in [2.05, 4.69) is 0 Å². The van der Waals surface area contributed by atoms with Crippen LogP contribution in [0.2, 0.25) is 0 Å². The molecule has 1 fully saturated rings. The zero-order valence-corrected chi connectivity index (χ0v) is 17.2. The summed E-state index contributed by atoms with van der Waals surface area (Å²) in [4.78, 5) is 27.2. The number of benzene rings is 3. The van der Waals surface area contributed by atoms with E-state index in [0.29, 0.717) is 24.1 Å². The third kappa shape index (κ3) is 4.42. The van der Waals surface area contributed by atoms with Crippen LogP contribution in [0.1, 0.15) is 27.9 Å². The third-order valence-corrected chi connectivity index (χ3v) is 5.75. The third-order valence-electron chi connectivity index (χ3n) is 5.75. The summed E-state index contributed by atoms with van der Waals surface area (Å²) in [6.07, 6.45) is 0.688. The molecule has 3 aromatic rings. The van der Waals surface area contributed by atoms with Crippen molar-refractivity contribution in [2.45, 2.75) is 12.8 Å². The van der Waals surface area contributed by atoms with Crippen molar-refractivity contribution in [2.75, 3.05) is 13.1 Å². The maximum absolute atomic E-state index is 14.1. The fourth-order valence-corrected chi connectivity index (χ4v) is 4.06. The number of Topliss-reactive ketones (excluding diaryl/α,β-unsaturated/α-hetero) is 1. The van der Waals surface area contributed by atoms with E-state index in [0.717, 1.165) is 17.7 Å². The lowest BCUT2D eigenvalue weighted by Gasteiger charge is -2.17. The van der Waals surface area contributed by atoms with Crippen molar-refractivity contribution < 1.29 is 18.4 Å². The van der Waals surface area contributed by atoms with Gasteiger partial charge in [-0.25, -0.2) is 8.78 Å². The minimum Gasteiger partial charge on any atom is -0.338 e. The van der Waals surface area contributed by atoms with Gasteiger partial charge in [-0.3, -0.25) is 9.59 Å². The first-order valence-corrected chi connectivity index (χ1v) is 10.3. The largest absolute Gasteiger partial charge is 0.338 e. The number of amides is 1. The van der Waals surface area contributed by atoms with Crippen molar-refractivity contribution in [3.8, 4) is 17.2 Å². The molecule has 1 atom stereocenters. The summed E-state index contributed by atoms with van der Waals surface area (Å²) in [6, 6.07) is 19.1. The predicted octanol–water partition coefficient (Wildman–Crippen LogP) is 4.78. The monoisotopic (exact) mass is 430 g/mol. The fourth-order valence-electron chi connectivity index (χ4n) is 4.06. The molecular formula is C26H20F2N2O2. The van der Waals surface area contributed by atoms with E-state index in [1.54, 1.807) is 36.4 Å². The van der Waals surface area contributed by atoms with Gasteiger partial charge in [0, 0.05) is 31.0 Å². The van der Waals surface area contributed by atoms with Crippen LogP contribution in [0.25, 0.3) is 11.1 Å². The first-order valence-electron chi connectivity index (χ1n) is 10.3. The number of nitriles is 1. The van der Waals surface area contributed by atoms with Gasteiger partial charge in [0.05, 0.1) is 17.2 Å². The summed E-state index contributed by atoms with van der Waals surface area (Å²) < 4.78 is 27.7. The lowest BCUT2D eigenvalue weighted by Crippen LogP contribution is -2.31. The van der Waals surface area contributed by atoms with Crippen LogP contribution < -0.4 is 0 Å². The van der Waals surface area contributed by atoms with Crippen molar-refractivity contribution in [1.82, 2.24) is 4.90 Å². The Labute approximate surface area is 184 Å². The Hall–Kier alpha value is -3.85. The normalized spacial score (nSPS) is 15.4. The number of carbonyl (C=O) groups is 2. The highest BCUT2D eigenvalue weighted by atomic mass is 19.1. The predicted molar refractivity (Wildman–Crippen MR) is 116 cm³/mol. The molecule has 4 rings (SSSR count). The number of nitrogens with zero attached hydrogens (tertiary/aromatic N) is 2. The van der Waals surface area contributed by atoms with E-state index in [1.165, 1.54) is 17.0 Å². The molecular weight excluding hydrogens is 410 g/mol. The maximum Gasteiger partial charge on any atom is 0.255 e. The Morgan fingerprint density at radius 3 is 2.62 bits per heavy atom. The molecule has 0 aromatic heterocycles. The maximum atomic E-state index is 14.1. The highest BCUT2D eigenvalue weighted by Gasteiger charge is 2.32. The average molecular weight is 430 g/mol. The van der Waals surface area contributed by atoms with Gasteiger partial charge in [0.1, 0.15) is 17.4 Å². The second-order valence-corrected chi connectivity index (χ2v) is 7.86. The van der Waals surface area contributed by atoms with Crippen LogP contribution in [-0.4, -0.2) is 29.7 Å². The van der Waals surface area contributed by atoms with E-state index in [4.69, 9.17) is 0 Å². The van der Waals surface area contributed by atoms with Crippen LogP contribution in [0, 0.1) is 28.9 Å². The summed E-state index contributed by atoms with van der Waals surface area (Å²) in [5, 5.41) is 9.21. The molecule has 0 aliphatic carbocycles. The van der Waals surface area contributed by atoms with Crippen LogP contribution in [0.3, 0.4) is 0 Å². The summed E-state index contributed by atoms with van der Waals surface area (Å²) >= 11 is 0. The number of hydrogen-bond donors (Lipinski definition) is 0. The topological polar surface area (TPSA) is 61.2 Å². The van der Waals surface area contributed by atoms with Crippen LogP contribution in [0.4, 0.5) is 8.78 Å². The summed E-state index contributed by atoms with van der Waals surface area (Å²) in [7, 11) is 0. The van der Waals surface area contributed by atoms with Crippen molar-refractivity contribution in [2.24, 2.45) is 5.92 Å². The lowest BCUT2D eigenvalue weighted by atomic mass is 9.95. The van der Waals surface area contributed by atoms with Crippen molar-refractivity contribution in [3.63, 3.8) is 0 Å². The van der Waals surface area contributed by atoms with E-state index < -0.39 is 11.7 Å². The minimum atomic E-state index is -0.589. The number of ketones is 1. The second kappa shape index (κ2) is 9.11. The van der Waals surface area contributed by atoms with Gasteiger partial charge in [0.2, 0.25) is 0 Å². The van der Waals surface area contributed by atoms with Gasteiger partial charge in [-0.15, -0.1) is 0 Å². The van der Waals surface area contributed by atoms with Crippen LogP contribution in [0.5, 0.6) is 0 Å². The Bertz CT molecular complexity index is 1230. The number of rotatable bonds is 5. The SMILES string of the molecule is N#Cc1ccc(F)cc1C(=O)N1CC[C@@H](C(=O)Cc2cccc(-c3ccccc3F)c2)C1. The molecule has 0 radical (unpaired) electrons. The molecule has 0 unspecified atom stereocenters. The highest BCUT2D eigenvalue weighted by Crippen LogP contribution is 2.26. The summed E-state index contributed by atoms with van der Waals surface area (Å²) in [6.45, 7) is 0.595. The molecule has 1 aliphatic rings. The van der Waals surface area contributed by atoms with Crippen molar-refractivity contribution >= 4 is 11.7 Å². The number of likely N-dealkylation sites (tertiary alicyclic amines) is 1. The molecule has 1 aliphatic heterocycles. The highest BCUT2D eigenvalue weighted by molar-refractivity contribution is 5.97. The molecule has 0 spiro atoms. The van der Waals surface area contributed by atoms with Crippen molar-refractivity contribution in [1.29, 1.82) is 5.26 Å². The molecule has 160 valence electrons. The van der Waals surface area contributed by atoms with Crippen LogP contribution >= 0.6 is 0 Å². The molecule has 1 heterocycles. The Morgan fingerprint density at radius 1 is 1.03 bits per heavy atom. The minimum absolute atomic E-state index is 0.00858. The zero-order chi connectivity index (χ0) is 22.7.